The highest BCUT2D eigenvalue weighted by Crippen LogP contribution is 2.17. The monoisotopic (exact) mass is 255 g/mol. The summed E-state index contributed by atoms with van der Waals surface area (Å²) in [6.07, 6.45) is 1.93. The van der Waals surface area contributed by atoms with E-state index in [4.69, 9.17) is 10.5 Å². The largest absolute Gasteiger partial charge is 0.489 e. The summed E-state index contributed by atoms with van der Waals surface area (Å²) in [6.45, 7) is 3.42. The molecule has 0 aliphatic rings. The first-order valence-corrected chi connectivity index (χ1v) is 6.82. The first-order chi connectivity index (χ1) is 9.33. The average molecular weight is 255 g/mol. The van der Waals surface area contributed by atoms with Crippen LogP contribution >= 0.6 is 0 Å². The van der Waals surface area contributed by atoms with E-state index in [1.165, 1.54) is 16.7 Å². The molecule has 2 nitrogen and oxygen atoms in total. The van der Waals surface area contributed by atoms with Gasteiger partial charge in [-0.1, -0.05) is 43.3 Å². The Balaban J connectivity index is 2.05. The maximum atomic E-state index is 5.88. The highest BCUT2D eigenvalue weighted by Gasteiger charge is 2.02. The van der Waals surface area contributed by atoms with Crippen molar-refractivity contribution in [3.63, 3.8) is 0 Å². The maximum absolute atomic E-state index is 5.88. The second kappa shape index (κ2) is 6.95. The van der Waals surface area contributed by atoms with Crippen LogP contribution in [-0.4, -0.2) is 6.54 Å². The Hall–Kier alpha value is -1.80. The van der Waals surface area contributed by atoms with Crippen molar-refractivity contribution in [1.29, 1.82) is 0 Å². The van der Waals surface area contributed by atoms with E-state index in [1.807, 2.05) is 24.3 Å². The Morgan fingerprint density at radius 2 is 1.79 bits per heavy atom. The minimum Gasteiger partial charge on any atom is -0.489 e. The molecule has 0 bridgehead atoms. The molecule has 2 aromatic rings. The van der Waals surface area contributed by atoms with E-state index >= 15 is 0 Å². The highest BCUT2D eigenvalue weighted by molar-refractivity contribution is 5.30. The first kappa shape index (κ1) is 13.6. The minimum atomic E-state index is 0.601. The first-order valence-electron chi connectivity index (χ1n) is 6.82. The molecule has 0 aliphatic heterocycles. The summed E-state index contributed by atoms with van der Waals surface area (Å²) in [5.74, 6) is 0.932. The molecule has 0 radical (unpaired) electrons. The molecule has 2 heteroatoms. The number of rotatable bonds is 6. The van der Waals surface area contributed by atoms with Crippen LogP contribution in [-0.2, 0) is 19.4 Å². The third kappa shape index (κ3) is 3.83. The van der Waals surface area contributed by atoms with E-state index in [1.54, 1.807) is 0 Å². The van der Waals surface area contributed by atoms with E-state index in [2.05, 4.69) is 31.2 Å². The zero-order valence-corrected chi connectivity index (χ0v) is 11.4. The lowest BCUT2D eigenvalue weighted by molar-refractivity contribution is 0.304. The molecule has 0 fully saturated rings. The van der Waals surface area contributed by atoms with E-state index in [9.17, 15) is 0 Å². The number of ether oxygens (including phenoxy) is 1. The minimum absolute atomic E-state index is 0.601. The SMILES string of the molecule is CCc1cccc(OCc2ccccc2CCN)c1. The summed E-state index contributed by atoms with van der Waals surface area (Å²) >= 11 is 0. The molecule has 19 heavy (non-hydrogen) atoms. The fourth-order valence-corrected chi connectivity index (χ4v) is 2.11. The van der Waals surface area contributed by atoms with Crippen molar-refractivity contribution >= 4 is 0 Å². The van der Waals surface area contributed by atoms with Gasteiger partial charge in [-0.2, -0.15) is 0 Å². The van der Waals surface area contributed by atoms with E-state index in [0.29, 0.717) is 13.2 Å². The Labute approximate surface area is 115 Å². The lowest BCUT2D eigenvalue weighted by Crippen LogP contribution is -2.07. The Bertz CT molecular complexity index is 522. The van der Waals surface area contributed by atoms with Crippen molar-refractivity contribution in [3.05, 3.63) is 65.2 Å². The molecule has 0 amide bonds. The van der Waals surface area contributed by atoms with Gasteiger partial charge in [0.05, 0.1) is 0 Å². The van der Waals surface area contributed by atoms with Gasteiger partial charge in [-0.25, -0.2) is 0 Å². The number of hydrogen-bond donors (Lipinski definition) is 1. The van der Waals surface area contributed by atoms with Gasteiger partial charge in [-0.15, -0.1) is 0 Å². The van der Waals surface area contributed by atoms with Crippen LogP contribution in [0.15, 0.2) is 48.5 Å². The van der Waals surface area contributed by atoms with Crippen LogP contribution in [0.2, 0.25) is 0 Å². The number of nitrogens with two attached hydrogens (primary N) is 1. The Morgan fingerprint density at radius 1 is 1.00 bits per heavy atom. The highest BCUT2D eigenvalue weighted by atomic mass is 16.5. The number of benzene rings is 2. The summed E-state index contributed by atoms with van der Waals surface area (Å²) in [6, 6.07) is 16.6. The van der Waals surface area contributed by atoms with E-state index < -0.39 is 0 Å². The van der Waals surface area contributed by atoms with Crippen LogP contribution in [0.1, 0.15) is 23.6 Å². The van der Waals surface area contributed by atoms with Gasteiger partial charge in [0.1, 0.15) is 12.4 Å². The standard InChI is InChI=1S/C17H21NO/c1-2-14-6-5-9-17(12-14)19-13-16-8-4-3-7-15(16)10-11-18/h3-9,12H,2,10-11,13,18H2,1H3. The topological polar surface area (TPSA) is 35.2 Å². The molecular weight excluding hydrogens is 234 g/mol. The van der Waals surface area contributed by atoms with Gasteiger partial charge in [-0.05, 0) is 48.2 Å². The van der Waals surface area contributed by atoms with Gasteiger partial charge in [0.25, 0.3) is 0 Å². The predicted molar refractivity (Wildman–Crippen MR) is 79.4 cm³/mol. The normalized spacial score (nSPS) is 10.4. The summed E-state index contributed by atoms with van der Waals surface area (Å²) in [7, 11) is 0. The molecule has 2 aromatic carbocycles. The predicted octanol–water partition coefficient (Wildman–Crippen LogP) is 3.33. The van der Waals surface area contributed by atoms with Gasteiger partial charge in [-0.3, -0.25) is 0 Å². The number of aryl methyl sites for hydroxylation is 1. The van der Waals surface area contributed by atoms with Gasteiger partial charge in [0.2, 0.25) is 0 Å². The van der Waals surface area contributed by atoms with E-state index in [0.717, 1.165) is 18.6 Å². The third-order valence-electron chi connectivity index (χ3n) is 3.23. The lowest BCUT2D eigenvalue weighted by atomic mass is 10.1. The Kier molecular flexibility index (Phi) is 4.99. The van der Waals surface area contributed by atoms with Crippen molar-refractivity contribution in [2.24, 2.45) is 5.73 Å². The van der Waals surface area contributed by atoms with Gasteiger partial charge >= 0.3 is 0 Å². The molecule has 2 N–H and O–H groups in total. The smallest absolute Gasteiger partial charge is 0.120 e. The number of hydrogen-bond acceptors (Lipinski definition) is 2. The van der Waals surface area contributed by atoms with Crippen molar-refractivity contribution in [2.75, 3.05) is 6.54 Å². The molecular formula is C17H21NO. The molecule has 0 aliphatic carbocycles. The molecule has 100 valence electrons. The third-order valence-corrected chi connectivity index (χ3v) is 3.23. The van der Waals surface area contributed by atoms with Crippen LogP contribution in [0.4, 0.5) is 0 Å². The zero-order chi connectivity index (χ0) is 13.5. The summed E-state index contributed by atoms with van der Waals surface area (Å²) in [4.78, 5) is 0. The zero-order valence-electron chi connectivity index (χ0n) is 11.4. The maximum Gasteiger partial charge on any atom is 0.120 e. The second-order valence-electron chi connectivity index (χ2n) is 4.60. The van der Waals surface area contributed by atoms with Crippen LogP contribution < -0.4 is 10.5 Å². The van der Waals surface area contributed by atoms with Crippen molar-refractivity contribution in [3.8, 4) is 5.75 Å². The van der Waals surface area contributed by atoms with Crippen LogP contribution in [0.25, 0.3) is 0 Å². The Morgan fingerprint density at radius 3 is 2.53 bits per heavy atom. The molecule has 0 unspecified atom stereocenters. The summed E-state index contributed by atoms with van der Waals surface area (Å²) < 4.78 is 5.88. The van der Waals surface area contributed by atoms with Crippen molar-refractivity contribution < 1.29 is 4.74 Å². The molecule has 0 saturated heterocycles. The van der Waals surface area contributed by atoms with E-state index in [-0.39, 0.29) is 0 Å². The molecule has 2 rings (SSSR count). The summed E-state index contributed by atoms with van der Waals surface area (Å²) in [5, 5.41) is 0. The fourth-order valence-electron chi connectivity index (χ4n) is 2.11. The molecule has 0 saturated carbocycles. The average Bonchev–Trinajstić information content (AvgIpc) is 2.47. The van der Waals surface area contributed by atoms with Crippen LogP contribution in [0, 0.1) is 0 Å². The lowest BCUT2D eigenvalue weighted by Gasteiger charge is -2.11. The molecule has 0 atom stereocenters. The molecule has 0 heterocycles. The van der Waals surface area contributed by atoms with Gasteiger partial charge < -0.3 is 10.5 Å². The quantitative estimate of drug-likeness (QED) is 0.859. The van der Waals surface area contributed by atoms with Gasteiger partial charge in [0.15, 0.2) is 0 Å². The molecule has 0 aromatic heterocycles. The van der Waals surface area contributed by atoms with Crippen molar-refractivity contribution in [1.82, 2.24) is 0 Å². The van der Waals surface area contributed by atoms with Crippen molar-refractivity contribution in [2.45, 2.75) is 26.4 Å². The second-order valence-corrected chi connectivity index (χ2v) is 4.60. The van der Waals surface area contributed by atoms with Gasteiger partial charge in [0, 0.05) is 0 Å². The summed E-state index contributed by atoms with van der Waals surface area (Å²) in [5.41, 5.74) is 9.42. The molecule has 0 spiro atoms. The fraction of sp³-hybridized carbons (Fsp3) is 0.294. The van der Waals surface area contributed by atoms with Crippen LogP contribution in [0.3, 0.4) is 0 Å². The van der Waals surface area contributed by atoms with Crippen LogP contribution in [0.5, 0.6) is 5.75 Å².